The first kappa shape index (κ1) is 16.2. The van der Waals surface area contributed by atoms with Crippen molar-refractivity contribution in [3.05, 3.63) is 34.3 Å². The minimum absolute atomic E-state index is 0.0346. The van der Waals surface area contributed by atoms with Crippen molar-refractivity contribution >= 4 is 33.7 Å². The lowest BCUT2D eigenvalue weighted by atomic mass is 10.0. The summed E-state index contributed by atoms with van der Waals surface area (Å²) in [5, 5.41) is 8.58. The maximum Gasteiger partial charge on any atom is 0.303 e. The van der Waals surface area contributed by atoms with E-state index in [2.05, 4.69) is 26.8 Å². The number of carboxylic acid groups (broad SMARTS) is 1. The number of rotatable bonds is 5. The maximum atomic E-state index is 11.7. The van der Waals surface area contributed by atoms with Crippen molar-refractivity contribution in [3.63, 3.8) is 0 Å². The average molecular weight is 343 g/mol. The van der Waals surface area contributed by atoms with E-state index in [-0.39, 0.29) is 18.8 Å². The summed E-state index contributed by atoms with van der Waals surface area (Å²) in [7, 11) is 0. The molecule has 0 aliphatic carbocycles. The zero-order valence-electron chi connectivity index (χ0n) is 10.9. The molecule has 0 spiro atoms. The summed E-state index contributed by atoms with van der Waals surface area (Å²) in [5.74, 6) is -2.11. The van der Waals surface area contributed by atoms with E-state index in [0.29, 0.717) is 5.56 Å². The van der Waals surface area contributed by atoms with Crippen molar-refractivity contribution in [2.45, 2.75) is 19.8 Å². The molecule has 1 rings (SSSR count). The van der Waals surface area contributed by atoms with Crippen LogP contribution in [0.5, 0.6) is 0 Å². The Bertz CT molecular complexity index is 502. The fourth-order valence-corrected chi connectivity index (χ4v) is 1.80. The fourth-order valence-electron chi connectivity index (χ4n) is 1.54. The molecular weight excluding hydrogens is 328 g/mol. The molecule has 1 atom stereocenters. The highest BCUT2D eigenvalue weighted by molar-refractivity contribution is 9.10. The van der Waals surface area contributed by atoms with Crippen molar-refractivity contribution in [1.82, 2.24) is 10.9 Å². The summed E-state index contributed by atoms with van der Waals surface area (Å²) in [6.07, 6.45) is -0.0546. The molecule has 1 aromatic rings. The summed E-state index contributed by atoms with van der Waals surface area (Å²) in [6, 6.07) is 6.65. The van der Waals surface area contributed by atoms with Crippen molar-refractivity contribution in [2.75, 3.05) is 0 Å². The van der Waals surface area contributed by atoms with Gasteiger partial charge in [-0.05, 0) is 30.2 Å². The highest BCUT2D eigenvalue weighted by Gasteiger charge is 2.13. The molecule has 0 saturated carbocycles. The Hall–Kier alpha value is -1.89. The molecular formula is C13H15BrN2O4. The molecule has 1 aromatic carbocycles. The Morgan fingerprint density at radius 2 is 1.75 bits per heavy atom. The molecule has 3 N–H and O–H groups in total. The van der Waals surface area contributed by atoms with Crippen LogP contribution in [0.15, 0.2) is 28.7 Å². The molecule has 1 unspecified atom stereocenters. The van der Waals surface area contributed by atoms with Crippen molar-refractivity contribution in [1.29, 1.82) is 0 Å². The van der Waals surface area contributed by atoms with Crippen LogP contribution in [-0.4, -0.2) is 22.9 Å². The van der Waals surface area contributed by atoms with Crippen LogP contribution in [0.25, 0.3) is 0 Å². The van der Waals surface area contributed by atoms with Gasteiger partial charge in [0.25, 0.3) is 5.91 Å². The van der Waals surface area contributed by atoms with E-state index in [1.54, 1.807) is 31.2 Å². The van der Waals surface area contributed by atoms with E-state index >= 15 is 0 Å². The minimum Gasteiger partial charge on any atom is -0.481 e. The molecule has 0 aliphatic heterocycles. The first-order valence-electron chi connectivity index (χ1n) is 5.95. The lowest BCUT2D eigenvalue weighted by Gasteiger charge is -2.10. The summed E-state index contributed by atoms with van der Waals surface area (Å²) in [4.78, 5) is 33.7. The maximum absolute atomic E-state index is 11.7. The van der Waals surface area contributed by atoms with Gasteiger partial charge in [0.05, 0.1) is 0 Å². The Morgan fingerprint density at radius 3 is 2.30 bits per heavy atom. The second-order valence-corrected chi connectivity index (χ2v) is 5.33. The van der Waals surface area contributed by atoms with Crippen LogP contribution in [0.3, 0.4) is 0 Å². The predicted molar refractivity (Wildman–Crippen MR) is 75.8 cm³/mol. The zero-order valence-corrected chi connectivity index (χ0v) is 12.4. The first-order chi connectivity index (χ1) is 9.38. The number of carbonyl (C=O) groups is 3. The Labute approximate surface area is 124 Å². The molecule has 0 saturated heterocycles. The first-order valence-corrected chi connectivity index (χ1v) is 6.74. The van der Waals surface area contributed by atoms with E-state index in [9.17, 15) is 14.4 Å². The van der Waals surface area contributed by atoms with Crippen molar-refractivity contribution in [2.24, 2.45) is 5.92 Å². The Morgan fingerprint density at radius 1 is 1.15 bits per heavy atom. The summed E-state index contributed by atoms with van der Waals surface area (Å²) in [5.41, 5.74) is 4.94. The number of nitrogens with one attached hydrogen (secondary N) is 2. The van der Waals surface area contributed by atoms with Gasteiger partial charge in [0.15, 0.2) is 0 Å². The van der Waals surface area contributed by atoms with E-state index in [1.807, 2.05) is 0 Å². The normalized spacial score (nSPS) is 11.5. The molecule has 6 nitrogen and oxygen atoms in total. The molecule has 0 bridgehead atoms. The number of carbonyl (C=O) groups excluding carboxylic acids is 2. The number of halogens is 1. The van der Waals surface area contributed by atoms with Gasteiger partial charge in [-0.25, -0.2) is 0 Å². The third-order valence-corrected chi connectivity index (χ3v) is 3.01. The molecule has 0 aliphatic rings. The molecule has 2 amide bonds. The number of hydrogen-bond acceptors (Lipinski definition) is 3. The van der Waals surface area contributed by atoms with E-state index < -0.39 is 17.8 Å². The Kier molecular flexibility index (Phi) is 6.17. The highest BCUT2D eigenvalue weighted by atomic mass is 79.9. The van der Waals surface area contributed by atoms with Gasteiger partial charge in [-0.15, -0.1) is 0 Å². The molecule has 20 heavy (non-hydrogen) atoms. The molecule has 0 aromatic heterocycles. The second kappa shape index (κ2) is 7.64. The smallest absolute Gasteiger partial charge is 0.303 e. The zero-order chi connectivity index (χ0) is 15.1. The van der Waals surface area contributed by atoms with Crippen LogP contribution in [0.2, 0.25) is 0 Å². The van der Waals surface area contributed by atoms with Gasteiger partial charge >= 0.3 is 5.97 Å². The van der Waals surface area contributed by atoms with Crippen molar-refractivity contribution in [3.8, 4) is 0 Å². The van der Waals surface area contributed by atoms with Crippen LogP contribution < -0.4 is 10.9 Å². The lowest BCUT2D eigenvalue weighted by molar-refractivity contribution is -0.138. The SMILES string of the molecule is CC(CC(=O)O)CC(=O)NNC(=O)c1ccc(Br)cc1. The summed E-state index contributed by atoms with van der Waals surface area (Å²) >= 11 is 3.25. The number of hydrazine groups is 1. The molecule has 7 heteroatoms. The van der Waals surface area contributed by atoms with Crippen LogP contribution in [-0.2, 0) is 9.59 Å². The van der Waals surface area contributed by atoms with Gasteiger partial charge < -0.3 is 5.11 Å². The van der Waals surface area contributed by atoms with E-state index in [1.165, 1.54) is 0 Å². The quantitative estimate of drug-likeness (QED) is 0.710. The molecule has 0 fully saturated rings. The second-order valence-electron chi connectivity index (χ2n) is 4.42. The minimum atomic E-state index is -0.954. The number of amides is 2. The Balaban J connectivity index is 2.39. The number of carboxylic acids is 1. The average Bonchev–Trinajstić information content (AvgIpc) is 2.35. The van der Waals surface area contributed by atoms with Gasteiger partial charge in [0.1, 0.15) is 0 Å². The van der Waals surface area contributed by atoms with Gasteiger partial charge in [0, 0.05) is 22.9 Å². The number of aliphatic carboxylic acids is 1. The number of hydrogen-bond donors (Lipinski definition) is 3. The standard InChI is InChI=1S/C13H15BrN2O4/c1-8(7-12(18)19)6-11(17)15-16-13(20)9-2-4-10(14)5-3-9/h2-5,8H,6-7H2,1H3,(H,15,17)(H,16,20)(H,18,19). The van der Waals surface area contributed by atoms with Crippen LogP contribution >= 0.6 is 15.9 Å². The van der Waals surface area contributed by atoms with Gasteiger partial charge in [-0.3, -0.25) is 25.2 Å². The van der Waals surface area contributed by atoms with Gasteiger partial charge in [-0.1, -0.05) is 22.9 Å². The van der Waals surface area contributed by atoms with Crippen LogP contribution in [0.4, 0.5) is 0 Å². The van der Waals surface area contributed by atoms with E-state index in [4.69, 9.17) is 5.11 Å². The summed E-state index contributed by atoms with van der Waals surface area (Å²) < 4.78 is 0.848. The van der Waals surface area contributed by atoms with Gasteiger partial charge in [0.2, 0.25) is 5.91 Å². The van der Waals surface area contributed by atoms with Crippen molar-refractivity contribution < 1.29 is 19.5 Å². The third-order valence-electron chi connectivity index (χ3n) is 2.48. The lowest BCUT2D eigenvalue weighted by Crippen LogP contribution is -2.42. The monoisotopic (exact) mass is 342 g/mol. The highest BCUT2D eigenvalue weighted by Crippen LogP contribution is 2.10. The van der Waals surface area contributed by atoms with Crippen LogP contribution in [0, 0.1) is 5.92 Å². The number of benzene rings is 1. The molecule has 0 heterocycles. The van der Waals surface area contributed by atoms with Crippen LogP contribution in [0.1, 0.15) is 30.1 Å². The predicted octanol–water partition coefficient (Wildman–Crippen LogP) is 1.71. The molecule has 108 valence electrons. The largest absolute Gasteiger partial charge is 0.481 e. The summed E-state index contributed by atoms with van der Waals surface area (Å²) in [6.45, 7) is 1.66. The third kappa shape index (κ3) is 5.83. The fraction of sp³-hybridized carbons (Fsp3) is 0.308. The molecule has 0 radical (unpaired) electrons. The van der Waals surface area contributed by atoms with E-state index in [0.717, 1.165) is 4.47 Å². The topological polar surface area (TPSA) is 95.5 Å². The van der Waals surface area contributed by atoms with Gasteiger partial charge in [-0.2, -0.15) is 0 Å².